The van der Waals surface area contributed by atoms with Gasteiger partial charge >= 0.3 is 0 Å². The molecule has 1 N–H and O–H groups in total. The highest BCUT2D eigenvalue weighted by Crippen LogP contribution is 2.25. The summed E-state index contributed by atoms with van der Waals surface area (Å²) in [5.74, 6) is 0.693. The molecule has 0 spiro atoms. The fraction of sp³-hybridized carbons (Fsp3) is 0.435. The number of thiophene rings is 1. The monoisotopic (exact) mass is 424 g/mol. The molecule has 6 nitrogen and oxygen atoms in total. The molecule has 1 aromatic carbocycles. The normalized spacial score (nSPS) is 16.7. The number of piperidine rings is 1. The number of hydrogen-bond acceptors (Lipinski definition) is 5. The van der Waals surface area contributed by atoms with Crippen molar-refractivity contribution in [2.24, 2.45) is 5.92 Å². The molecule has 1 aliphatic rings. The topological polar surface area (TPSA) is 67.2 Å². The van der Waals surface area contributed by atoms with Crippen molar-refractivity contribution in [3.05, 3.63) is 57.2 Å². The molecule has 7 heteroatoms. The van der Waals surface area contributed by atoms with Crippen LogP contribution in [0.4, 0.5) is 5.95 Å². The standard InChI is InChI=1S/C23H28N4O2S/c1-3-11-24-21(28)18-5-4-12-26(15-18)23-25-19-10-13-30-20(19)22(29)27(23)14-17-8-6-16(2)7-9-17/h6-10,13,18H,3-5,11-12,14-15H2,1-2H3,(H,24,28). The van der Waals surface area contributed by atoms with Crippen LogP contribution in [0.15, 0.2) is 40.5 Å². The van der Waals surface area contributed by atoms with Crippen molar-refractivity contribution in [3.8, 4) is 0 Å². The lowest BCUT2D eigenvalue weighted by Gasteiger charge is -2.34. The van der Waals surface area contributed by atoms with Crippen LogP contribution in [0, 0.1) is 12.8 Å². The van der Waals surface area contributed by atoms with Crippen LogP contribution in [0.1, 0.15) is 37.3 Å². The van der Waals surface area contributed by atoms with Crippen LogP contribution in [0.3, 0.4) is 0 Å². The first-order chi connectivity index (χ1) is 14.6. The smallest absolute Gasteiger partial charge is 0.273 e. The molecule has 1 amide bonds. The molecule has 0 bridgehead atoms. The largest absolute Gasteiger partial charge is 0.356 e. The predicted molar refractivity (Wildman–Crippen MR) is 122 cm³/mol. The summed E-state index contributed by atoms with van der Waals surface area (Å²) in [6, 6.07) is 10.1. The van der Waals surface area contributed by atoms with E-state index in [-0.39, 0.29) is 17.4 Å². The summed E-state index contributed by atoms with van der Waals surface area (Å²) in [7, 11) is 0. The number of hydrogen-bond donors (Lipinski definition) is 1. The lowest BCUT2D eigenvalue weighted by atomic mass is 9.97. The predicted octanol–water partition coefficient (Wildman–Crippen LogP) is 3.56. The fourth-order valence-electron chi connectivity index (χ4n) is 3.96. The number of carbonyl (C=O) groups excluding carboxylic acids is 1. The van der Waals surface area contributed by atoms with Crippen molar-refractivity contribution in [3.63, 3.8) is 0 Å². The lowest BCUT2D eigenvalue weighted by molar-refractivity contribution is -0.125. The Morgan fingerprint density at radius 1 is 1.27 bits per heavy atom. The van der Waals surface area contributed by atoms with Gasteiger partial charge in [0.05, 0.1) is 18.0 Å². The maximum Gasteiger partial charge on any atom is 0.273 e. The van der Waals surface area contributed by atoms with Gasteiger partial charge in [-0.1, -0.05) is 36.8 Å². The van der Waals surface area contributed by atoms with Crippen molar-refractivity contribution >= 4 is 33.4 Å². The van der Waals surface area contributed by atoms with E-state index in [1.54, 1.807) is 4.57 Å². The van der Waals surface area contributed by atoms with Gasteiger partial charge in [-0.25, -0.2) is 4.98 Å². The van der Waals surface area contributed by atoms with Crippen LogP contribution in [0.25, 0.3) is 10.2 Å². The van der Waals surface area contributed by atoms with E-state index < -0.39 is 0 Å². The third-order valence-corrected chi connectivity index (χ3v) is 6.52. The number of nitrogens with zero attached hydrogens (tertiary/aromatic N) is 3. The van der Waals surface area contributed by atoms with Gasteiger partial charge in [0.25, 0.3) is 5.56 Å². The summed E-state index contributed by atoms with van der Waals surface area (Å²) in [6.07, 6.45) is 2.70. The molecule has 0 saturated carbocycles. The Bertz CT molecular complexity index is 1090. The number of fused-ring (bicyclic) bond motifs is 1. The summed E-state index contributed by atoms with van der Waals surface area (Å²) in [4.78, 5) is 32.8. The average Bonchev–Trinajstić information content (AvgIpc) is 3.24. The maximum absolute atomic E-state index is 13.3. The molecular formula is C23H28N4O2S. The van der Waals surface area contributed by atoms with Crippen molar-refractivity contribution in [2.45, 2.75) is 39.7 Å². The van der Waals surface area contributed by atoms with Crippen LogP contribution in [0.2, 0.25) is 0 Å². The summed E-state index contributed by atoms with van der Waals surface area (Å²) < 4.78 is 2.45. The molecule has 3 aromatic rings. The quantitative estimate of drug-likeness (QED) is 0.657. The second kappa shape index (κ2) is 9.00. The van der Waals surface area contributed by atoms with Gasteiger partial charge in [-0.2, -0.15) is 0 Å². The van der Waals surface area contributed by atoms with E-state index >= 15 is 0 Å². The highest BCUT2D eigenvalue weighted by Gasteiger charge is 2.28. The minimum Gasteiger partial charge on any atom is -0.356 e. The first-order valence-corrected chi connectivity index (χ1v) is 11.5. The fourth-order valence-corrected chi connectivity index (χ4v) is 4.74. The highest BCUT2D eigenvalue weighted by atomic mass is 32.1. The summed E-state index contributed by atoms with van der Waals surface area (Å²) in [5, 5.41) is 4.93. The molecule has 30 heavy (non-hydrogen) atoms. The number of aromatic nitrogens is 2. The second-order valence-electron chi connectivity index (χ2n) is 8.00. The third kappa shape index (κ3) is 4.26. The summed E-state index contributed by atoms with van der Waals surface area (Å²) in [6.45, 7) is 6.67. The number of aryl methyl sites for hydroxylation is 1. The molecule has 0 radical (unpaired) electrons. The second-order valence-corrected chi connectivity index (χ2v) is 8.92. The first kappa shape index (κ1) is 20.6. The number of rotatable bonds is 6. The summed E-state index contributed by atoms with van der Waals surface area (Å²) in [5.41, 5.74) is 2.98. The van der Waals surface area contributed by atoms with E-state index in [4.69, 9.17) is 4.98 Å². The average molecular weight is 425 g/mol. The Kier molecular flexibility index (Phi) is 6.18. The summed E-state index contributed by atoms with van der Waals surface area (Å²) >= 11 is 1.43. The lowest BCUT2D eigenvalue weighted by Crippen LogP contribution is -2.45. The molecule has 3 heterocycles. The van der Waals surface area contributed by atoms with Crippen molar-refractivity contribution in [2.75, 3.05) is 24.5 Å². The molecule has 4 rings (SSSR count). The zero-order valence-corrected chi connectivity index (χ0v) is 18.4. The highest BCUT2D eigenvalue weighted by molar-refractivity contribution is 7.17. The van der Waals surface area contributed by atoms with E-state index in [0.717, 1.165) is 36.9 Å². The van der Waals surface area contributed by atoms with Gasteiger partial charge in [0.15, 0.2) is 0 Å². The van der Waals surface area contributed by atoms with Gasteiger partial charge in [-0.15, -0.1) is 11.3 Å². The molecule has 1 atom stereocenters. The van der Waals surface area contributed by atoms with E-state index in [1.807, 2.05) is 11.4 Å². The number of nitrogens with one attached hydrogen (secondary N) is 1. The van der Waals surface area contributed by atoms with Crippen LogP contribution in [0.5, 0.6) is 0 Å². The van der Waals surface area contributed by atoms with Crippen LogP contribution < -0.4 is 15.8 Å². The van der Waals surface area contributed by atoms with E-state index in [9.17, 15) is 9.59 Å². The Morgan fingerprint density at radius 3 is 2.83 bits per heavy atom. The zero-order valence-electron chi connectivity index (χ0n) is 17.6. The zero-order chi connectivity index (χ0) is 21.1. The minimum absolute atomic E-state index is 0.0110. The van der Waals surface area contributed by atoms with E-state index in [1.165, 1.54) is 16.9 Å². The van der Waals surface area contributed by atoms with Gasteiger partial charge in [0.1, 0.15) is 4.70 Å². The molecule has 0 aliphatic carbocycles. The Morgan fingerprint density at radius 2 is 2.07 bits per heavy atom. The van der Waals surface area contributed by atoms with Gasteiger partial charge in [-0.05, 0) is 43.2 Å². The van der Waals surface area contributed by atoms with Gasteiger partial charge in [-0.3, -0.25) is 14.2 Å². The van der Waals surface area contributed by atoms with Gasteiger partial charge in [0, 0.05) is 19.6 Å². The maximum atomic E-state index is 13.3. The molecular weight excluding hydrogens is 396 g/mol. The van der Waals surface area contributed by atoms with Crippen molar-refractivity contribution < 1.29 is 4.79 Å². The minimum atomic E-state index is -0.0757. The molecule has 1 fully saturated rings. The molecule has 158 valence electrons. The number of benzene rings is 1. The molecule has 1 aliphatic heterocycles. The van der Waals surface area contributed by atoms with Crippen LogP contribution in [-0.4, -0.2) is 35.1 Å². The number of anilines is 1. The Labute approximate surface area is 180 Å². The Balaban J connectivity index is 1.69. The number of amides is 1. The van der Waals surface area contributed by atoms with Crippen molar-refractivity contribution in [1.29, 1.82) is 0 Å². The third-order valence-electron chi connectivity index (χ3n) is 5.63. The molecule has 2 aromatic heterocycles. The van der Waals surface area contributed by atoms with Gasteiger partial charge < -0.3 is 10.2 Å². The molecule has 1 unspecified atom stereocenters. The molecule has 1 saturated heterocycles. The van der Waals surface area contributed by atoms with Crippen molar-refractivity contribution in [1.82, 2.24) is 14.9 Å². The van der Waals surface area contributed by atoms with Gasteiger partial charge in [0.2, 0.25) is 11.9 Å². The first-order valence-electron chi connectivity index (χ1n) is 10.6. The Hall–Kier alpha value is -2.67. The van der Waals surface area contributed by atoms with E-state index in [2.05, 4.69) is 48.3 Å². The van der Waals surface area contributed by atoms with Crippen LogP contribution >= 0.6 is 11.3 Å². The van der Waals surface area contributed by atoms with E-state index in [0.29, 0.717) is 30.3 Å². The van der Waals surface area contributed by atoms with Crippen LogP contribution in [-0.2, 0) is 11.3 Å². The SMILES string of the molecule is CCCNC(=O)C1CCCN(c2nc3ccsc3c(=O)n2Cc2ccc(C)cc2)C1. The number of carbonyl (C=O) groups is 1.